The number of aromatic nitrogens is 2. The molecule has 1 aromatic heterocycles. The molecule has 1 aromatic carbocycles. The second kappa shape index (κ2) is 7.26. The smallest absolute Gasteiger partial charge is 0.352 e. The maximum atomic E-state index is 12.4. The third-order valence-electron chi connectivity index (χ3n) is 3.13. The van der Waals surface area contributed by atoms with E-state index in [1.54, 1.807) is 24.3 Å². The fourth-order valence-electron chi connectivity index (χ4n) is 1.85. The average molecular weight is 327 g/mol. The largest absolute Gasteiger partial charge is 0.471 e. The molecular formula is C15H16F3N3O2. The summed E-state index contributed by atoms with van der Waals surface area (Å²) in [6.07, 6.45) is -2.39. The molecule has 0 aliphatic heterocycles. The Kier molecular flexibility index (Phi) is 5.36. The van der Waals surface area contributed by atoms with E-state index in [4.69, 9.17) is 0 Å². The molecule has 8 heteroatoms. The van der Waals surface area contributed by atoms with Crippen LogP contribution in [0.15, 0.2) is 28.8 Å². The number of alkyl halides is 3. The van der Waals surface area contributed by atoms with E-state index in [0.717, 1.165) is 18.4 Å². The Balaban J connectivity index is 1.97. The lowest BCUT2D eigenvalue weighted by Gasteiger charge is -2.05. The molecule has 0 radical (unpaired) electrons. The van der Waals surface area contributed by atoms with Gasteiger partial charge in [0, 0.05) is 18.5 Å². The van der Waals surface area contributed by atoms with Crippen LogP contribution in [0.3, 0.4) is 0 Å². The summed E-state index contributed by atoms with van der Waals surface area (Å²) in [5, 5.41) is 6.09. The number of benzene rings is 1. The van der Waals surface area contributed by atoms with Crippen molar-refractivity contribution in [3.8, 4) is 11.4 Å². The normalized spacial score (nSPS) is 11.5. The van der Waals surface area contributed by atoms with Crippen molar-refractivity contribution in [3.63, 3.8) is 0 Å². The summed E-state index contributed by atoms with van der Waals surface area (Å²) < 4.78 is 41.4. The molecule has 0 spiro atoms. The highest BCUT2D eigenvalue weighted by Gasteiger charge is 2.38. The summed E-state index contributed by atoms with van der Waals surface area (Å²) in [7, 11) is 0. The average Bonchev–Trinajstić information content (AvgIpc) is 3.01. The Morgan fingerprint density at radius 3 is 2.52 bits per heavy atom. The second-order valence-corrected chi connectivity index (χ2v) is 5.00. The highest BCUT2D eigenvalue weighted by atomic mass is 19.4. The number of nitrogens with one attached hydrogen (secondary N) is 1. The number of nitrogens with zero attached hydrogens (tertiary/aromatic N) is 2. The van der Waals surface area contributed by atoms with Crippen molar-refractivity contribution in [1.82, 2.24) is 15.5 Å². The van der Waals surface area contributed by atoms with Gasteiger partial charge in [0.2, 0.25) is 11.7 Å². The maximum Gasteiger partial charge on any atom is 0.471 e. The van der Waals surface area contributed by atoms with Crippen LogP contribution in [-0.4, -0.2) is 16.0 Å². The van der Waals surface area contributed by atoms with E-state index in [-0.39, 0.29) is 11.7 Å². The number of hydrogen-bond donors (Lipinski definition) is 1. The number of halogens is 3. The van der Waals surface area contributed by atoms with E-state index in [1.807, 2.05) is 6.92 Å². The van der Waals surface area contributed by atoms with Crippen molar-refractivity contribution in [3.05, 3.63) is 35.7 Å². The summed E-state index contributed by atoms with van der Waals surface area (Å²) in [6.45, 7) is 2.37. The van der Waals surface area contributed by atoms with Gasteiger partial charge >= 0.3 is 12.1 Å². The van der Waals surface area contributed by atoms with Gasteiger partial charge in [0.15, 0.2) is 0 Å². The highest BCUT2D eigenvalue weighted by molar-refractivity contribution is 5.75. The summed E-state index contributed by atoms with van der Waals surface area (Å²) in [4.78, 5) is 14.8. The third-order valence-corrected chi connectivity index (χ3v) is 3.13. The van der Waals surface area contributed by atoms with E-state index in [2.05, 4.69) is 20.0 Å². The molecule has 2 rings (SSSR count). The van der Waals surface area contributed by atoms with Crippen molar-refractivity contribution < 1.29 is 22.5 Å². The minimum atomic E-state index is -4.66. The van der Waals surface area contributed by atoms with E-state index < -0.39 is 12.1 Å². The zero-order valence-electron chi connectivity index (χ0n) is 12.5. The molecule has 0 aliphatic carbocycles. The summed E-state index contributed by atoms with van der Waals surface area (Å²) >= 11 is 0. The Labute approximate surface area is 130 Å². The molecule has 0 bridgehead atoms. The number of unbranched alkanes of at least 4 members (excludes halogenated alkanes) is 1. The van der Waals surface area contributed by atoms with Crippen LogP contribution in [0, 0.1) is 0 Å². The van der Waals surface area contributed by atoms with Crippen molar-refractivity contribution in [2.45, 2.75) is 38.9 Å². The fraction of sp³-hybridized carbons (Fsp3) is 0.400. The maximum absolute atomic E-state index is 12.4. The van der Waals surface area contributed by atoms with E-state index >= 15 is 0 Å². The summed E-state index contributed by atoms with van der Waals surface area (Å²) in [5.74, 6) is -1.53. The molecule has 1 heterocycles. The molecule has 0 saturated carbocycles. The van der Waals surface area contributed by atoms with Crippen LogP contribution in [0.1, 0.15) is 37.6 Å². The van der Waals surface area contributed by atoms with Gasteiger partial charge in [-0.1, -0.05) is 42.8 Å². The van der Waals surface area contributed by atoms with Crippen LogP contribution in [0.2, 0.25) is 0 Å². The van der Waals surface area contributed by atoms with Crippen molar-refractivity contribution in [2.75, 3.05) is 0 Å². The molecule has 23 heavy (non-hydrogen) atoms. The number of rotatable bonds is 6. The van der Waals surface area contributed by atoms with Gasteiger partial charge in [-0.15, -0.1) is 0 Å². The van der Waals surface area contributed by atoms with E-state index in [0.29, 0.717) is 18.5 Å². The molecule has 1 amide bonds. The summed E-state index contributed by atoms with van der Waals surface area (Å²) in [6, 6.07) is 6.55. The van der Waals surface area contributed by atoms with Crippen LogP contribution in [0.5, 0.6) is 0 Å². The van der Waals surface area contributed by atoms with Gasteiger partial charge in [-0.25, -0.2) is 0 Å². The number of carbonyl (C=O) groups excluding carboxylic acids is 1. The molecular weight excluding hydrogens is 311 g/mol. The van der Waals surface area contributed by atoms with Crippen molar-refractivity contribution in [2.24, 2.45) is 0 Å². The lowest BCUT2D eigenvalue weighted by atomic mass is 10.1. The van der Waals surface area contributed by atoms with Crippen LogP contribution in [0.25, 0.3) is 11.4 Å². The number of carbonyl (C=O) groups is 1. The SMILES string of the molecule is CCCCC(=O)NCc1ccc(-c2noc(C(F)(F)F)n2)cc1. The molecule has 0 saturated heterocycles. The van der Waals surface area contributed by atoms with Crippen LogP contribution in [-0.2, 0) is 17.5 Å². The second-order valence-electron chi connectivity index (χ2n) is 5.00. The Morgan fingerprint density at radius 2 is 1.96 bits per heavy atom. The first-order valence-corrected chi connectivity index (χ1v) is 7.17. The van der Waals surface area contributed by atoms with Crippen LogP contribution in [0.4, 0.5) is 13.2 Å². The van der Waals surface area contributed by atoms with Crippen LogP contribution >= 0.6 is 0 Å². The molecule has 124 valence electrons. The lowest BCUT2D eigenvalue weighted by Crippen LogP contribution is -2.22. The third kappa shape index (κ3) is 4.80. The quantitative estimate of drug-likeness (QED) is 0.881. The van der Waals surface area contributed by atoms with Gasteiger partial charge in [0.25, 0.3) is 0 Å². The zero-order chi connectivity index (χ0) is 16.9. The Morgan fingerprint density at radius 1 is 1.26 bits per heavy atom. The van der Waals surface area contributed by atoms with Crippen molar-refractivity contribution >= 4 is 5.91 Å². The minimum absolute atomic E-state index is 0.0242. The number of hydrogen-bond acceptors (Lipinski definition) is 4. The van der Waals surface area contributed by atoms with Gasteiger partial charge in [0.1, 0.15) is 0 Å². The molecule has 0 fully saturated rings. The fourth-order valence-corrected chi connectivity index (χ4v) is 1.85. The molecule has 0 unspecified atom stereocenters. The standard InChI is InChI=1S/C15H16F3N3O2/c1-2-3-4-12(22)19-9-10-5-7-11(8-6-10)13-20-14(23-21-13)15(16,17)18/h5-8H,2-4,9H2,1H3,(H,19,22). The number of amides is 1. The van der Waals surface area contributed by atoms with Gasteiger partial charge in [0.05, 0.1) is 0 Å². The van der Waals surface area contributed by atoms with E-state index in [9.17, 15) is 18.0 Å². The van der Waals surface area contributed by atoms with E-state index in [1.165, 1.54) is 0 Å². The molecule has 0 atom stereocenters. The predicted molar refractivity (Wildman–Crippen MR) is 76.1 cm³/mol. The molecule has 2 aromatic rings. The zero-order valence-corrected chi connectivity index (χ0v) is 12.5. The Hall–Kier alpha value is -2.38. The van der Waals surface area contributed by atoms with Crippen molar-refractivity contribution in [1.29, 1.82) is 0 Å². The molecule has 0 aliphatic rings. The predicted octanol–water partition coefficient (Wildman–Crippen LogP) is 3.56. The van der Waals surface area contributed by atoms with Gasteiger partial charge in [-0.2, -0.15) is 18.2 Å². The highest BCUT2D eigenvalue weighted by Crippen LogP contribution is 2.29. The first-order chi connectivity index (χ1) is 10.9. The lowest BCUT2D eigenvalue weighted by molar-refractivity contribution is -0.159. The molecule has 5 nitrogen and oxygen atoms in total. The van der Waals surface area contributed by atoms with Crippen LogP contribution < -0.4 is 5.32 Å². The van der Waals surface area contributed by atoms with Gasteiger partial charge < -0.3 is 9.84 Å². The first kappa shape index (κ1) is 17.0. The first-order valence-electron chi connectivity index (χ1n) is 7.17. The topological polar surface area (TPSA) is 68.0 Å². The van der Waals surface area contributed by atoms with Gasteiger partial charge in [-0.3, -0.25) is 4.79 Å². The summed E-state index contributed by atoms with van der Waals surface area (Å²) in [5.41, 5.74) is 1.24. The minimum Gasteiger partial charge on any atom is -0.352 e. The monoisotopic (exact) mass is 327 g/mol. The Bertz CT molecular complexity index is 651. The molecule has 1 N–H and O–H groups in total. The van der Waals surface area contributed by atoms with Gasteiger partial charge in [-0.05, 0) is 12.0 Å².